The van der Waals surface area contributed by atoms with Crippen LogP contribution < -0.4 is 0 Å². The first kappa shape index (κ1) is 10.7. The first-order chi connectivity index (χ1) is 8.16. The topological polar surface area (TPSA) is 12.9 Å². The molecule has 1 aromatic heterocycles. The normalized spacial score (nSPS) is 11.2. The molecule has 1 nitrogen and oxygen atoms in total. The Morgan fingerprint density at radius 1 is 1.00 bits per heavy atom. The van der Waals surface area contributed by atoms with Crippen molar-refractivity contribution in [2.75, 3.05) is 0 Å². The van der Waals surface area contributed by atoms with Crippen molar-refractivity contribution in [2.24, 2.45) is 0 Å². The molecule has 3 aromatic rings. The summed E-state index contributed by atoms with van der Waals surface area (Å²) in [6.45, 7) is 4.16. The van der Waals surface area contributed by atoms with Crippen molar-refractivity contribution in [1.82, 2.24) is 4.98 Å². The summed E-state index contributed by atoms with van der Waals surface area (Å²) in [5.41, 5.74) is 3.43. The van der Waals surface area contributed by atoms with Gasteiger partial charge in [-0.2, -0.15) is 0 Å². The van der Waals surface area contributed by atoms with E-state index in [-0.39, 0.29) is 0 Å². The lowest BCUT2D eigenvalue weighted by Crippen LogP contribution is -1.90. The smallest absolute Gasteiger partial charge is 0.0784 e. The van der Waals surface area contributed by atoms with Gasteiger partial charge in [0.1, 0.15) is 0 Å². The molecule has 0 amide bonds. The van der Waals surface area contributed by atoms with Gasteiger partial charge in [0.15, 0.2) is 0 Å². The largest absolute Gasteiger partial charge is 0.252 e. The van der Waals surface area contributed by atoms with Crippen molar-refractivity contribution < 1.29 is 0 Å². The van der Waals surface area contributed by atoms with E-state index in [1.165, 1.54) is 21.7 Å². The molecule has 0 saturated carbocycles. The van der Waals surface area contributed by atoms with Crippen molar-refractivity contribution in [2.45, 2.75) is 13.8 Å². The molecule has 0 fully saturated rings. The maximum atomic E-state index is 4.72. The summed E-state index contributed by atoms with van der Waals surface area (Å²) in [7, 11) is 0. The summed E-state index contributed by atoms with van der Waals surface area (Å²) in [5, 5.41) is 3.62. The maximum Gasteiger partial charge on any atom is 0.0784 e. The van der Waals surface area contributed by atoms with Gasteiger partial charge in [0.05, 0.1) is 5.52 Å². The first-order valence-corrected chi connectivity index (χ1v) is 6.41. The molecule has 0 aliphatic rings. The van der Waals surface area contributed by atoms with Crippen molar-refractivity contribution in [3.8, 4) is 0 Å². The van der Waals surface area contributed by atoms with Crippen LogP contribution in [-0.2, 0) is 0 Å². The van der Waals surface area contributed by atoms with E-state index in [9.17, 15) is 0 Å². The monoisotopic (exact) mass is 285 g/mol. The van der Waals surface area contributed by atoms with E-state index < -0.39 is 0 Å². The van der Waals surface area contributed by atoms with Gasteiger partial charge >= 0.3 is 0 Å². The fourth-order valence-electron chi connectivity index (χ4n) is 2.16. The molecule has 0 radical (unpaired) electrons. The lowest BCUT2D eigenvalue weighted by atomic mass is 10.0. The predicted molar refractivity (Wildman–Crippen MR) is 76.4 cm³/mol. The highest BCUT2D eigenvalue weighted by atomic mass is 79.9. The number of aryl methyl sites for hydroxylation is 2. The van der Waals surface area contributed by atoms with Gasteiger partial charge in [0.2, 0.25) is 0 Å². The Bertz CT molecular complexity index is 732. The molecular weight excluding hydrogens is 274 g/mol. The second kappa shape index (κ2) is 3.81. The lowest BCUT2D eigenvalue weighted by Gasteiger charge is -2.08. The van der Waals surface area contributed by atoms with Crippen LogP contribution in [0.1, 0.15) is 11.3 Å². The van der Waals surface area contributed by atoms with Crippen LogP contribution in [0.15, 0.2) is 40.9 Å². The van der Waals surface area contributed by atoms with Gasteiger partial charge in [-0.15, -0.1) is 0 Å². The number of pyridine rings is 1. The molecule has 0 bridgehead atoms. The Morgan fingerprint density at radius 2 is 1.71 bits per heavy atom. The molecule has 0 unspecified atom stereocenters. The van der Waals surface area contributed by atoms with Crippen molar-refractivity contribution in [3.05, 3.63) is 52.1 Å². The highest BCUT2D eigenvalue weighted by Gasteiger charge is 2.07. The molecule has 0 aliphatic carbocycles. The Labute approximate surface area is 109 Å². The molecule has 1 heterocycles. The number of benzene rings is 2. The zero-order valence-corrected chi connectivity index (χ0v) is 11.4. The standard InChI is InChI=1S/C15H12BrN/c1-9-7-11-8-14(16)12-5-3-4-6-13(12)15(11)17-10(9)2/h3-8H,1-2H3. The SMILES string of the molecule is Cc1cc2cc(Br)c3ccccc3c2nc1C. The molecule has 17 heavy (non-hydrogen) atoms. The van der Waals surface area contributed by atoms with Crippen LogP contribution in [-0.4, -0.2) is 4.98 Å². The van der Waals surface area contributed by atoms with Crippen molar-refractivity contribution in [3.63, 3.8) is 0 Å². The highest BCUT2D eigenvalue weighted by Crippen LogP contribution is 2.31. The zero-order valence-electron chi connectivity index (χ0n) is 9.79. The van der Waals surface area contributed by atoms with Gasteiger partial charge in [-0.3, -0.25) is 4.98 Å². The summed E-state index contributed by atoms with van der Waals surface area (Å²) in [6.07, 6.45) is 0. The second-order valence-corrected chi connectivity index (χ2v) is 5.22. The number of aromatic nitrogens is 1. The van der Waals surface area contributed by atoms with Gasteiger partial charge in [-0.1, -0.05) is 40.2 Å². The summed E-state index contributed by atoms with van der Waals surface area (Å²) < 4.78 is 1.13. The van der Waals surface area contributed by atoms with Gasteiger partial charge in [-0.25, -0.2) is 0 Å². The molecule has 0 atom stereocenters. The van der Waals surface area contributed by atoms with Crippen LogP contribution in [0.25, 0.3) is 21.7 Å². The predicted octanol–water partition coefficient (Wildman–Crippen LogP) is 4.77. The number of nitrogens with zero attached hydrogens (tertiary/aromatic N) is 1. The molecule has 3 rings (SSSR count). The summed E-state index contributed by atoms with van der Waals surface area (Å²) in [6, 6.07) is 12.7. The average Bonchev–Trinajstić information content (AvgIpc) is 2.32. The van der Waals surface area contributed by atoms with Crippen LogP contribution in [0.5, 0.6) is 0 Å². The van der Waals surface area contributed by atoms with Gasteiger partial charge in [-0.05, 0) is 36.9 Å². The van der Waals surface area contributed by atoms with Crippen LogP contribution in [0.3, 0.4) is 0 Å². The lowest BCUT2D eigenvalue weighted by molar-refractivity contribution is 1.20. The Morgan fingerprint density at radius 3 is 2.47 bits per heavy atom. The van der Waals surface area contributed by atoms with Gasteiger partial charge in [0.25, 0.3) is 0 Å². The van der Waals surface area contributed by atoms with E-state index >= 15 is 0 Å². The quantitative estimate of drug-likeness (QED) is 0.542. The molecule has 0 aliphatic heterocycles. The van der Waals surface area contributed by atoms with E-state index in [0.717, 1.165) is 15.7 Å². The minimum atomic E-state index is 1.09. The third kappa shape index (κ3) is 1.64. The van der Waals surface area contributed by atoms with Crippen molar-refractivity contribution >= 4 is 37.6 Å². The molecule has 84 valence electrons. The average molecular weight is 286 g/mol. The third-order valence-electron chi connectivity index (χ3n) is 3.22. The number of rotatable bonds is 0. The van der Waals surface area contributed by atoms with Crippen LogP contribution >= 0.6 is 15.9 Å². The van der Waals surface area contributed by atoms with Gasteiger partial charge < -0.3 is 0 Å². The maximum absolute atomic E-state index is 4.72. The van der Waals surface area contributed by atoms with Crippen LogP contribution in [0.4, 0.5) is 0 Å². The third-order valence-corrected chi connectivity index (χ3v) is 3.87. The highest BCUT2D eigenvalue weighted by molar-refractivity contribution is 9.10. The molecule has 2 aromatic carbocycles. The summed E-state index contributed by atoms with van der Waals surface area (Å²) in [4.78, 5) is 4.72. The minimum Gasteiger partial charge on any atom is -0.252 e. The molecule has 0 N–H and O–H groups in total. The molecule has 2 heteroatoms. The number of hydrogen-bond donors (Lipinski definition) is 0. The van der Waals surface area contributed by atoms with Gasteiger partial charge in [0, 0.05) is 20.9 Å². The summed E-state index contributed by atoms with van der Waals surface area (Å²) in [5.74, 6) is 0. The fraction of sp³-hybridized carbons (Fsp3) is 0.133. The van der Waals surface area contributed by atoms with Crippen LogP contribution in [0.2, 0.25) is 0 Å². The minimum absolute atomic E-state index is 1.09. The van der Waals surface area contributed by atoms with Crippen LogP contribution in [0, 0.1) is 13.8 Å². The van der Waals surface area contributed by atoms with Crippen molar-refractivity contribution in [1.29, 1.82) is 0 Å². The van der Waals surface area contributed by atoms with E-state index in [1.807, 2.05) is 0 Å². The van der Waals surface area contributed by atoms with E-state index in [2.05, 4.69) is 66.2 Å². The summed E-state index contributed by atoms with van der Waals surface area (Å²) >= 11 is 3.63. The Balaban J connectivity index is 2.59. The molecule has 0 spiro atoms. The molecule has 0 saturated heterocycles. The van der Waals surface area contributed by atoms with E-state index in [1.54, 1.807) is 0 Å². The second-order valence-electron chi connectivity index (χ2n) is 4.37. The number of hydrogen-bond acceptors (Lipinski definition) is 1. The number of fused-ring (bicyclic) bond motifs is 3. The number of halogens is 1. The van der Waals surface area contributed by atoms with E-state index in [0.29, 0.717) is 0 Å². The zero-order chi connectivity index (χ0) is 12.0. The van der Waals surface area contributed by atoms with E-state index in [4.69, 9.17) is 4.98 Å². The Hall–Kier alpha value is -1.41. The fourth-order valence-corrected chi connectivity index (χ4v) is 2.76. The first-order valence-electron chi connectivity index (χ1n) is 5.62. The Kier molecular flexibility index (Phi) is 2.40. The molecular formula is C15H12BrN.